The second-order valence-corrected chi connectivity index (χ2v) is 4.78. The van der Waals surface area contributed by atoms with Gasteiger partial charge in [0.05, 0.1) is 20.1 Å². The van der Waals surface area contributed by atoms with Crippen LogP contribution in [0.4, 0.5) is 0 Å². The van der Waals surface area contributed by atoms with Crippen LogP contribution >= 0.6 is 0 Å². The first-order valence-electron chi connectivity index (χ1n) is 6.25. The lowest BCUT2D eigenvalue weighted by Crippen LogP contribution is -2.17. The molecule has 1 heterocycles. The van der Waals surface area contributed by atoms with Gasteiger partial charge in [0, 0.05) is 18.7 Å². The first-order valence-corrected chi connectivity index (χ1v) is 6.25. The van der Waals surface area contributed by atoms with E-state index < -0.39 is 5.97 Å². The van der Waals surface area contributed by atoms with Crippen LogP contribution in [-0.4, -0.2) is 31.8 Å². The molecule has 19 heavy (non-hydrogen) atoms. The highest BCUT2D eigenvalue weighted by Gasteiger charge is 2.31. The van der Waals surface area contributed by atoms with Crippen LogP contribution in [0.2, 0.25) is 0 Å². The number of hydrogen-bond donors (Lipinski definition) is 2. The third kappa shape index (κ3) is 2.66. The fourth-order valence-electron chi connectivity index (χ4n) is 2.54. The van der Waals surface area contributed by atoms with Crippen LogP contribution in [0.3, 0.4) is 0 Å². The van der Waals surface area contributed by atoms with Crippen molar-refractivity contribution in [2.45, 2.75) is 19.4 Å². The zero-order chi connectivity index (χ0) is 14.0. The SMILES string of the molecule is COc1cc(OC)c(C)c(C2CC(C(=O)O)CN2)c1. The van der Waals surface area contributed by atoms with E-state index in [9.17, 15) is 4.79 Å². The number of methoxy groups -OCH3 is 2. The standard InChI is InChI=1S/C14H19NO4/c1-8-11(5-10(18-2)6-13(8)19-3)12-4-9(7-15-12)14(16)17/h5-6,9,12,15H,4,7H2,1-3H3,(H,16,17). The molecule has 2 N–H and O–H groups in total. The van der Waals surface area contributed by atoms with Crippen LogP contribution in [-0.2, 0) is 4.79 Å². The Morgan fingerprint density at radius 2 is 2.11 bits per heavy atom. The number of nitrogens with one attached hydrogen (secondary N) is 1. The summed E-state index contributed by atoms with van der Waals surface area (Å²) in [6.45, 7) is 2.47. The Labute approximate surface area is 112 Å². The van der Waals surface area contributed by atoms with E-state index in [4.69, 9.17) is 14.6 Å². The molecule has 0 amide bonds. The quantitative estimate of drug-likeness (QED) is 0.868. The van der Waals surface area contributed by atoms with Gasteiger partial charge < -0.3 is 19.9 Å². The maximum Gasteiger partial charge on any atom is 0.307 e. The lowest BCUT2D eigenvalue weighted by molar-refractivity contribution is -0.141. The van der Waals surface area contributed by atoms with Gasteiger partial charge in [0.1, 0.15) is 11.5 Å². The predicted octanol–water partition coefficient (Wildman–Crippen LogP) is 1.75. The summed E-state index contributed by atoms with van der Waals surface area (Å²) in [5, 5.41) is 12.3. The van der Waals surface area contributed by atoms with Gasteiger partial charge in [-0.3, -0.25) is 4.79 Å². The maximum absolute atomic E-state index is 11.0. The highest BCUT2D eigenvalue weighted by atomic mass is 16.5. The number of aliphatic carboxylic acids is 1. The first kappa shape index (κ1) is 13.7. The minimum atomic E-state index is -0.748. The summed E-state index contributed by atoms with van der Waals surface area (Å²) < 4.78 is 10.6. The summed E-state index contributed by atoms with van der Waals surface area (Å²) in [7, 11) is 3.23. The zero-order valence-electron chi connectivity index (χ0n) is 11.4. The molecule has 2 rings (SSSR count). The van der Waals surface area contributed by atoms with E-state index in [2.05, 4.69) is 5.32 Å². The molecule has 1 saturated heterocycles. The third-order valence-corrected chi connectivity index (χ3v) is 3.68. The molecule has 104 valence electrons. The molecule has 1 aliphatic heterocycles. The monoisotopic (exact) mass is 265 g/mol. The number of carboxylic acid groups (broad SMARTS) is 1. The van der Waals surface area contributed by atoms with E-state index in [0.29, 0.717) is 13.0 Å². The van der Waals surface area contributed by atoms with E-state index in [1.54, 1.807) is 14.2 Å². The molecule has 0 bridgehead atoms. The largest absolute Gasteiger partial charge is 0.497 e. The first-order chi connectivity index (χ1) is 9.06. The van der Waals surface area contributed by atoms with E-state index in [1.807, 2.05) is 19.1 Å². The summed E-state index contributed by atoms with van der Waals surface area (Å²) in [4.78, 5) is 11.0. The minimum Gasteiger partial charge on any atom is -0.497 e. The Balaban J connectivity index is 2.32. The molecule has 0 radical (unpaired) electrons. The van der Waals surface area contributed by atoms with Crippen molar-refractivity contribution < 1.29 is 19.4 Å². The molecule has 2 atom stereocenters. The molecule has 0 spiro atoms. The van der Waals surface area contributed by atoms with E-state index >= 15 is 0 Å². The van der Waals surface area contributed by atoms with Gasteiger partial charge in [-0.05, 0) is 30.5 Å². The van der Waals surface area contributed by atoms with Crippen molar-refractivity contribution in [3.8, 4) is 11.5 Å². The summed E-state index contributed by atoms with van der Waals surface area (Å²) in [5.74, 6) is 0.400. The Kier molecular flexibility index (Phi) is 3.95. The van der Waals surface area contributed by atoms with Crippen molar-refractivity contribution in [3.05, 3.63) is 23.3 Å². The van der Waals surface area contributed by atoms with Crippen molar-refractivity contribution in [1.29, 1.82) is 0 Å². The topological polar surface area (TPSA) is 67.8 Å². The molecule has 0 saturated carbocycles. The molecule has 1 aromatic carbocycles. The number of ether oxygens (including phenoxy) is 2. The van der Waals surface area contributed by atoms with Crippen LogP contribution in [0, 0.1) is 12.8 Å². The van der Waals surface area contributed by atoms with Crippen molar-refractivity contribution >= 4 is 5.97 Å². The number of carbonyl (C=O) groups is 1. The second-order valence-electron chi connectivity index (χ2n) is 4.78. The zero-order valence-corrected chi connectivity index (χ0v) is 11.4. The molecular formula is C14H19NO4. The van der Waals surface area contributed by atoms with Crippen molar-refractivity contribution in [2.24, 2.45) is 5.92 Å². The summed E-state index contributed by atoms with van der Waals surface area (Å²) in [6, 6.07) is 3.81. The van der Waals surface area contributed by atoms with Gasteiger partial charge >= 0.3 is 5.97 Å². The van der Waals surface area contributed by atoms with Gasteiger partial charge in [-0.1, -0.05) is 0 Å². The second kappa shape index (κ2) is 5.48. The highest BCUT2D eigenvalue weighted by Crippen LogP contribution is 2.36. The minimum absolute atomic E-state index is 0.0325. The van der Waals surface area contributed by atoms with Gasteiger partial charge in [-0.25, -0.2) is 0 Å². The lowest BCUT2D eigenvalue weighted by Gasteiger charge is -2.18. The van der Waals surface area contributed by atoms with E-state index in [0.717, 1.165) is 22.6 Å². The summed E-state index contributed by atoms with van der Waals surface area (Å²) in [5.41, 5.74) is 2.06. The Morgan fingerprint density at radius 1 is 1.37 bits per heavy atom. The number of hydrogen-bond acceptors (Lipinski definition) is 4. The summed E-state index contributed by atoms with van der Waals surface area (Å²) in [6.07, 6.45) is 0.590. The highest BCUT2D eigenvalue weighted by molar-refractivity contribution is 5.71. The lowest BCUT2D eigenvalue weighted by atomic mass is 9.96. The smallest absolute Gasteiger partial charge is 0.307 e. The van der Waals surface area contributed by atoms with Crippen molar-refractivity contribution in [1.82, 2.24) is 5.32 Å². The Bertz CT molecular complexity index is 487. The fraction of sp³-hybridized carbons (Fsp3) is 0.500. The number of carboxylic acids is 1. The molecule has 1 aromatic rings. The fourth-order valence-corrected chi connectivity index (χ4v) is 2.54. The molecule has 5 nitrogen and oxygen atoms in total. The molecule has 2 unspecified atom stereocenters. The van der Waals surface area contributed by atoms with E-state index in [1.165, 1.54) is 0 Å². The van der Waals surface area contributed by atoms with Gasteiger partial charge in [-0.15, -0.1) is 0 Å². The Morgan fingerprint density at radius 3 is 2.63 bits per heavy atom. The summed E-state index contributed by atoms with van der Waals surface area (Å²) >= 11 is 0. The van der Waals surface area contributed by atoms with Crippen LogP contribution in [0.5, 0.6) is 11.5 Å². The van der Waals surface area contributed by atoms with Gasteiger partial charge in [0.2, 0.25) is 0 Å². The molecule has 5 heteroatoms. The van der Waals surface area contributed by atoms with Gasteiger partial charge in [0.15, 0.2) is 0 Å². The molecule has 0 aromatic heterocycles. The average molecular weight is 265 g/mol. The van der Waals surface area contributed by atoms with Crippen LogP contribution in [0.1, 0.15) is 23.6 Å². The predicted molar refractivity (Wildman–Crippen MR) is 70.8 cm³/mol. The normalized spacial score (nSPS) is 22.3. The van der Waals surface area contributed by atoms with E-state index in [-0.39, 0.29) is 12.0 Å². The van der Waals surface area contributed by atoms with Gasteiger partial charge in [-0.2, -0.15) is 0 Å². The van der Waals surface area contributed by atoms with Crippen LogP contribution in [0.25, 0.3) is 0 Å². The molecule has 1 fully saturated rings. The number of rotatable bonds is 4. The van der Waals surface area contributed by atoms with Gasteiger partial charge in [0.25, 0.3) is 0 Å². The Hall–Kier alpha value is -1.75. The van der Waals surface area contributed by atoms with Crippen LogP contribution < -0.4 is 14.8 Å². The maximum atomic E-state index is 11.0. The van der Waals surface area contributed by atoms with Crippen molar-refractivity contribution in [3.63, 3.8) is 0 Å². The molecule has 1 aliphatic rings. The number of benzene rings is 1. The van der Waals surface area contributed by atoms with Crippen LogP contribution in [0.15, 0.2) is 12.1 Å². The molecular weight excluding hydrogens is 246 g/mol. The molecule has 0 aliphatic carbocycles. The average Bonchev–Trinajstić information content (AvgIpc) is 2.88. The third-order valence-electron chi connectivity index (χ3n) is 3.68. The van der Waals surface area contributed by atoms with Crippen molar-refractivity contribution in [2.75, 3.05) is 20.8 Å².